The summed E-state index contributed by atoms with van der Waals surface area (Å²) < 4.78 is -0.794. The Morgan fingerprint density at radius 3 is 2.67 bits per heavy atom. The second kappa shape index (κ2) is 3.38. The summed E-state index contributed by atoms with van der Waals surface area (Å²) in [7, 11) is 0. The lowest BCUT2D eigenvalue weighted by Crippen LogP contribution is -2.19. The fourth-order valence-corrected chi connectivity index (χ4v) is 2.59. The second-order valence-corrected chi connectivity index (χ2v) is 7.08. The molecule has 0 aliphatic heterocycles. The normalized spacial score (nSPS) is 17.6. The Hall–Kier alpha value is -0.750. The molecule has 0 N–H and O–H groups in total. The van der Waals surface area contributed by atoms with Crippen molar-refractivity contribution in [3.63, 3.8) is 0 Å². The van der Waals surface area contributed by atoms with Gasteiger partial charge >= 0.3 is 0 Å². The molecule has 0 saturated heterocycles. The predicted octanol–water partition coefficient (Wildman–Crippen LogP) is 2.82. The number of nitro benzene ring substituents is 1. The molecule has 0 saturated carbocycles. The number of carbonyl (C=O) groups excluding carboxylic acids is 1. The molecule has 6 heteroatoms. The fourth-order valence-electron chi connectivity index (χ4n) is 1.56. The molecular formula is C9H5Br2NO3. The number of carbonyl (C=O) groups is 1. The van der Waals surface area contributed by atoms with E-state index in [4.69, 9.17) is 0 Å². The van der Waals surface area contributed by atoms with Gasteiger partial charge in [-0.25, -0.2) is 0 Å². The third-order valence-corrected chi connectivity index (χ3v) is 3.57. The number of halogens is 2. The van der Waals surface area contributed by atoms with Gasteiger partial charge in [-0.1, -0.05) is 37.9 Å². The maximum Gasteiger partial charge on any atom is 0.270 e. The van der Waals surface area contributed by atoms with Crippen molar-refractivity contribution < 1.29 is 9.72 Å². The van der Waals surface area contributed by atoms with Crippen molar-refractivity contribution in [3.8, 4) is 0 Å². The van der Waals surface area contributed by atoms with E-state index in [1.54, 1.807) is 6.07 Å². The van der Waals surface area contributed by atoms with Crippen LogP contribution in [0, 0.1) is 10.1 Å². The molecule has 4 nitrogen and oxygen atoms in total. The zero-order valence-electron chi connectivity index (χ0n) is 7.37. The quantitative estimate of drug-likeness (QED) is 0.450. The highest BCUT2D eigenvalue weighted by atomic mass is 79.9. The van der Waals surface area contributed by atoms with Crippen molar-refractivity contribution in [3.05, 3.63) is 39.4 Å². The van der Waals surface area contributed by atoms with Crippen LogP contribution in [-0.4, -0.2) is 13.9 Å². The molecule has 1 aliphatic carbocycles. The SMILES string of the molecule is O=C1c2cc([N+](=O)[O-])ccc2CC1(Br)Br. The summed E-state index contributed by atoms with van der Waals surface area (Å²) in [6, 6.07) is 4.35. The van der Waals surface area contributed by atoms with Gasteiger partial charge in [0.15, 0.2) is 5.78 Å². The van der Waals surface area contributed by atoms with Crippen LogP contribution in [0.1, 0.15) is 15.9 Å². The van der Waals surface area contributed by atoms with Crippen LogP contribution in [0.3, 0.4) is 0 Å². The second-order valence-electron chi connectivity index (χ2n) is 3.31. The number of ketones is 1. The van der Waals surface area contributed by atoms with Gasteiger partial charge in [0.05, 0.1) is 4.92 Å². The Balaban J connectivity index is 2.54. The maximum atomic E-state index is 11.8. The first-order chi connectivity index (χ1) is 6.92. The summed E-state index contributed by atoms with van der Waals surface area (Å²) in [5.74, 6) is -0.166. The van der Waals surface area contributed by atoms with E-state index in [1.807, 2.05) is 0 Å². The van der Waals surface area contributed by atoms with Gasteiger partial charge in [-0.2, -0.15) is 0 Å². The number of nitro groups is 1. The zero-order valence-corrected chi connectivity index (χ0v) is 10.5. The Kier molecular flexibility index (Phi) is 2.42. The molecule has 0 radical (unpaired) electrons. The average Bonchev–Trinajstić information content (AvgIpc) is 2.37. The van der Waals surface area contributed by atoms with Crippen molar-refractivity contribution in [2.24, 2.45) is 0 Å². The molecule has 0 bridgehead atoms. The largest absolute Gasteiger partial charge is 0.292 e. The van der Waals surface area contributed by atoms with Crippen LogP contribution < -0.4 is 0 Å². The van der Waals surface area contributed by atoms with Crippen molar-refractivity contribution in [1.82, 2.24) is 0 Å². The first kappa shape index (κ1) is 10.8. The lowest BCUT2D eigenvalue weighted by atomic mass is 10.1. The summed E-state index contributed by atoms with van der Waals surface area (Å²) in [4.78, 5) is 21.8. The van der Waals surface area contributed by atoms with Crippen LogP contribution in [0.4, 0.5) is 5.69 Å². The van der Waals surface area contributed by atoms with E-state index in [9.17, 15) is 14.9 Å². The average molecular weight is 335 g/mol. The van der Waals surface area contributed by atoms with E-state index < -0.39 is 8.16 Å². The van der Waals surface area contributed by atoms with Gasteiger partial charge < -0.3 is 0 Å². The number of benzene rings is 1. The Morgan fingerprint density at radius 2 is 2.07 bits per heavy atom. The number of nitrogens with zero attached hydrogens (tertiary/aromatic N) is 1. The number of hydrogen-bond donors (Lipinski definition) is 0. The van der Waals surface area contributed by atoms with E-state index >= 15 is 0 Å². The minimum atomic E-state index is -0.794. The number of non-ortho nitro benzene ring substituents is 1. The summed E-state index contributed by atoms with van der Waals surface area (Å²) >= 11 is 6.49. The van der Waals surface area contributed by atoms with Crippen LogP contribution in [0.5, 0.6) is 0 Å². The molecule has 1 aromatic carbocycles. The Morgan fingerprint density at radius 1 is 1.40 bits per heavy atom. The smallest absolute Gasteiger partial charge is 0.270 e. The van der Waals surface area contributed by atoms with Crippen molar-refractivity contribution in [1.29, 1.82) is 0 Å². The topological polar surface area (TPSA) is 60.2 Å². The first-order valence-corrected chi connectivity index (χ1v) is 5.70. The zero-order chi connectivity index (χ0) is 11.2. The lowest BCUT2D eigenvalue weighted by molar-refractivity contribution is -0.384. The molecule has 0 unspecified atom stereocenters. The summed E-state index contributed by atoms with van der Waals surface area (Å²) in [6.07, 6.45) is 0.499. The molecule has 15 heavy (non-hydrogen) atoms. The standard InChI is InChI=1S/C9H5Br2NO3/c10-9(11)4-5-1-2-6(12(14)15)3-7(5)8(9)13/h1-3H,4H2. The molecule has 0 spiro atoms. The summed E-state index contributed by atoms with van der Waals surface area (Å²) in [5, 5.41) is 10.5. The van der Waals surface area contributed by atoms with Crippen molar-refractivity contribution in [2.45, 2.75) is 9.65 Å². The monoisotopic (exact) mass is 333 g/mol. The Labute approximate surface area is 102 Å². The number of Topliss-reactive ketones (excluding diaryl/α,β-unsaturated/α-hetero) is 1. The third-order valence-electron chi connectivity index (χ3n) is 2.29. The molecule has 0 aromatic heterocycles. The van der Waals surface area contributed by atoms with Crippen LogP contribution in [0.15, 0.2) is 18.2 Å². The van der Waals surface area contributed by atoms with Gasteiger partial charge in [0.1, 0.15) is 3.23 Å². The molecule has 0 fully saturated rings. The Bertz CT molecular complexity index is 470. The van der Waals surface area contributed by atoms with Gasteiger partial charge in [0.25, 0.3) is 5.69 Å². The molecule has 1 aliphatic rings. The van der Waals surface area contributed by atoms with Crippen LogP contribution in [-0.2, 0) is 6.42 Å². The molecular weight excluding hydrogens is 330 g/mol. The molecule has 78 valence electrons. The van der Waals surface area contributed by atoms with E-state index in [2.05, 4.69) is 31.9 Å². The number of hydrogen-bond acceptors (Lipinski definition) is 3. The lowest BCUT2D eigenvalue weighted by Gasteiger charge is -2.07. The summed E-state index contributed by atoms with van der Waals surface area (Å²) in [6.45, 7) is 0. The van der Waals surface area contributed by atoms with Gasteiger partial charge in [0.2, 0.25) is 0 Å². The van der Waals surface area contributed by atoms with Gasteiger partial charge in [-0.3, -0.25) is 14.9 Å². The number of rotatable bonds is 1. The van der Waals surface area contributed by atoms with E-state index in [0.717, 1.165) is 5.56 Å². The molecule has 1 aromatic rings. The van der Waals surface area contributed by atoms with Crippen molar-refractivity contribution >= 4 is 43.3 Å². The maximum absolute atomic E-state index is 11.8. The first-order valence-electron chi connectivity index (χ1n) is 4.12. The highest BCUT2D eigenvalue weighted by Crippen LogP contribution is 2.42. The fraction of sp³-hybridized carbons (Fsp3) is 0.222. The van der Waals surface area contributed by atoms with Crippen molar-refractivity contribution in [2.75, 3.05) is 0 Å². The number of alkyl halides is 2. The van der Waals surface area contributed by atoms with Crippen LogP contribution >= 0.6 is 31.9 Å². The van der Waals surface area contributed by atoms with Gasteiger partial charge in [-0.05, 0) is 5.56 Å². The third kappa shape index (κ3) is 1.72. The summed E-state index contributed by atoms with van der Waals surface area (Å²) in [5.41, 5.74) is 1.18. The highest BCUT2D eigenvalue weighted by molar-refractivity contribution is 9.26. The van der Waals surface area contributed by atoms with E-state index in [-0.39, 0.29) is 11.5 Å². The van der Waals surface area contributed by atoms with Crippen LogP contribution in [0.2, 0.25) is 0 Å². The van der Waals surface area contributed by atoms with E-state index in [1.165, 1.54) is 12.1 Å². The number of fused-ring (bicyclic) bond motifs is 1. The molecule has 0 heterocycles. The van der Waals surface area contributed by atoms with Crippen LogP contribution in [0.25, 0.3) is 0 Å². The highest BCUT2D eigenvalue weighted by Gasteiger charge is 2.41. The van der Waals surface area contributed by atoms with Gasteiger partial charge in [-0.15, -0.1) is 0 Å². The minimum Gasteiger partial charge on any atom is -0.292 e. The predicted molar refractivity (Wildman–Crippen MR) is 61.7 cm³/mol. The van der Waals surface area contributed by atoms with Gasteiger partial charge in [0, 0.05) is 24.1 Å². The minimum absolute atomic E-state index is 0.0557. The molecule has 0 atom stereocenters. The van der Waals surface area contributed by atoms with E-state index in [0.29, 0.717) is 12.0 Å². The molecule has 0 amide bonds. The molecule has 2 rings (SSSR count).